The number of phenols is 1. The third kappa shape index (κ3) is 43.6. The second kappa shape index (κ2) is 62.4. The van der Waals surface area contributed by atoms with Gasteiger partial charge in [0.1, 0.15) is 110 Å². The van der Waals surface area contributed by atoms with Gasteiger partial charge in [-0.1, -0.05) is 98.3 Å². The lowest BCUT2D eigenvalue weighted by atomic mass is 10.0. The number of fused-ring (bicyclic) bond motifs is 1. The first kappa shape index (κ1) is 120. The van der Waals surface area contributed by atoms with Crippen LogP contribution in [0.3, 0.4) is 0 Å². The third-order valence-corrected chi connectivity index (χ3v) is 24.2. The molecule has 0 bridgehead atoms. The summed E-state index contributed by atoms with van der Waals surface area (Å²) in [5.74, 6) is -24.6. The van der Waals surface area contributed by atoms with Crippen LogP contribution < -0.4 is 113 Å². The van der Waals surface area contributed by atoms with Gasteiger partial charge in [0.25, 0.3) is 0 Å². The van der Waals surface area contributed by atoms with Crippen molar-refractivity contribution < 1.29 is 131 Å². The SMILES string of the molecule is C=C(C)[C@H](NC(=O)[C@H](CCC(N)=O)NC(=O)C(Cc1cnc[nH]1)NC(=O)COCCOCCOCC(=O)O)C(=O)N[C@H]1CSSC[C@@H](C(=O)NC(Cc2ccccc2)C(=O)N[C@@H](CO)C(=O)N[C@H](C(N)=O)[C@@H](C)O)NC(=O)[C@H](C(C)C)NC(=O)[C@@H]2CCCN2C(=O)[C@H](CCCNC(=N)N)NC(=O)CNC(=O)[C@H](CCCNC(=N)N)NC(=O)[C@H](Cc2ccc(O)cc2)NC(=O)[C@H](CO)NC(=O)[C@H](CC(C)C)NC1=O. The van der Waals surface area contributed by atoms with Crippen LogP contribution in [0.4, 0.5) is 0 Å². The van der Waals surface area contributed by atoms with Gasteiger partial charge >= 0.3 is 5.97 Å². The molecule has 16 atom stereocenters. The standard InChI is InChI=1S/C88H134N26O27S2/c1-45(2)32-56-75(127)107-60(38-115)79(131)105-58(34-50-19-21-52(118)22-20-50)76(128)102-53(16-11-25-96-87(91)92)73(125)98-37-66(120)100-55(17-12-26-97-88(93)94)86(138)114-27-13-18-64(114)83(135)112-70(47(5)6)85(137)110-63(82(134)106-57(33-49-14-9-8-10-15-49)77(129)108-61(39-116)80(132)113-71(48(7)117)72(90)124)43-143-142-42-62(81(133)104-56)109-84(136)69(46(3)4)111-74(126)54(23-24-65(89)119)103-78(130)59(35-51-36-95-44-99-51)101-67(121)40-140-30-28-139-29-31-141-41-68(122)123/h8-10,14-15,19-22,36,44-45,47-48,53-64,69-71,115-118H,3,11-13,16-18,23-35,37-43H2,1-2,4-7H3,(H2,89,119)(H2,90,124)(H,95,99)(H,98,125)(H,100,120)(H,101,121)(H,102,128)(H,103,130)(H,104,133)(H,105,131)(H,106,134)(H,107,127)(H,108,129)(H,109,136)(H,110,137)(H,111,126)(H,112,135)(H,113,132)(H,122,123)(H4,91,92,96)(H4,93,94,97)/t48-,53+,54+,55+,56+,57?,58+,59?,60+,61+,62+,63+,64+,69+,70+,71+/m1/s1. The molecule has 790 valence electrons. The molecular formula is C88H134N26O27S2. The van der Waals surface area contributed by atoms with E-state index in [-0.39, 0.29) is 114 Å². The van der Waals surface area contributed by atoms with Gasteiger partial charge in [-0.15, -0.1) is 0 Å². The smallest absolute Gasteiger partial charge is 0.329 e. The van der Waals surface area contributed by atoms with Crippen LogP contribution in [0.25, 0.3) is 0 Å². The fourth-order valence-corrected chi connectivity index (χ4v) is 16.6. The van der Waals surface area contributed by atoms with Gasteiger partial charge in [-0.25, -0.2) is 9.78 Å². The lowest BCUT2D eigenvalue weighted by Crippen LogP contribution is -2.62. The molecular weight excluding hydrogens is 1920 g/mol. The number of H-pyrrole nitrogens is 1. The number of aliphatic carboxylic acids is 1. The number of aromatic nitrogens is 2. The lowest BCUT2D eigenvalue weighted by molar-refractivity contribution is -0.143. The maximum atomic E-state index is 15.5. The first-order valence-corrected chi connectivity index (χ1v) is 48.4. The Morgan fingerprint density at radius 1 is 0.601 bits per heavy atom. The number of rotatable bonds is 48. The number of aromatic hydroxyl groups is 1. The number of hydrogen-bond donors (Lipinski definition) is 29. The van der Waals surface area contributed by atoms with Crippen LogP contribution in [0, 0.1) is 22.7 Å². The molecule has 53 nitrogen and oxygen atoms in total. The Bertz CT molecular complexity index is 4840. The fourth-order valence-electron chi connectivity index (χ4n) is 14.3. The van der Waals surface area contributed by atoms with Crippen LogP contribution in [-0.2, 0) is 125 Å². The Morgan fingerprint density at radius 2 is 1.17 bits per heavy atom. The molecule has 2 aliphatic heterocycles. The minimum Gasteiger partial charge on any atom is -0.508 e. The molecule has 143 heavy (non-hydrogen) atoms. The molecule has 2 aromatic carbocycles. The molecule has 0 spiro atoms. The number of primary amides is 2. The second-order valence-corrected chi connectivity index (χ2v) is 36.9. The maximum Gasteiger partial charge on any atom is 0.329 e. The van der Waals surface area contributed by atoms with E-state index in [4.69, 9.17) is 53.1 Å². The van der Waals surface area contributed by atoms with Crippen molar-refractivity contribution in [3.8, 4) is 5.75 Å². The van der Waals surface area contributed by atoms with Gasteiger partial charge in [0.2, 0.25) is 106 Å². The molecule has 2 unspecified atom stereocenters. The molecule has 18 amide bonds. The first-order chi connectivity index (χ1) is 67.8. The second-order valence-electron chi connectivity index (χ2n) is 34.3. The van der Waals surface area contributed by atoms with Gasteiger partial charge in [-0.3, -0.25) is 97.1 Å². The largest absolute Gasteiger partial charge is 0.508 e. The molecule has 2 aliphatic rings. The molecule has 3 heterocycles. The quantitative estimate of drug-likeness (QED) is 0.00821. The van der Waals surface area contributed by atoms with E-state index in [2.05, 4.69) is 107 Å². The van der Waals surface area contributed by atoms with E-state index in [0.29, 0.717) is 32.8 Å². The van der Waals surface area contributed by atoms with Gasteiger partial charge in [0, 0.05) is 68.7 Å². The van der Waals surface area contributed by atoms with Crippen molar-refractivity contribution in [1.29, 1.82) is 10.8 Å². The monoisotopic (exact) mass is 2050 g/mol. The Kier molecular flexibility index (Phi) is 52.2. The summed E-state index contributed by atoms with van der Waals surface area (Å²) in [6.07, 6.45) is -1.78. The molecule has 3 aromatic rings. The summed E-state index contributed by atoms with van der Waals surface area (Å²) in [5, 5.41) is 109. The minimum absolute atomic E-state index is 0.00360. The summed E-state index contributed by atoms with van der Waals surface area (Å²) >= 11 is 0. The minimum atomic E-state index is -2.00. The van der Waals surface area contributed by atoms with Crippen LogP contribution in [0.2, 0.25) is 0 Å². The van der Waals surface area contributed by atoms with Crippen LogP contribution in [0.1, 0.15) is 116 Å². The van der Waals surface area contributed by atoms with Gasteiger partial charge < -0.3 is 163 Å². The van der Waals surface area contributed by atoms with Gasteiger partial charge in [-0.2, -0.15) is 0 Å². The molecule has 2 fully saturated rings. The summed E-state index contributed by atoms with van der Waals surface area (Å²) < 4.78 is 15.6. The number of aromatic amines is 1. The summed E-state index contributed by atoms with van der Waals surface area (Å²) in [4.78, 5) is 279. The van der Waals surface area contributed by atoms with Crippen LogP contribution in [0.5, 0.6) is 5.75 Å². The van der Waals surface area contributed by atoms with E-state index < -0.39 is 303 Å². The highest BCUT2D eigenvalue weighted by molar-refractivity contribution is 8.76. The normalized spacial score (nSPS) is 20.5. The van der Waals surface area contributed by atoms with E-state index in [0.717, 1.165) is 11.8 Å². The van der Waals surface area contributed by atoms with Gasteiger partial charge in [0.15, 0.2) is 11.9 Å². The van der Waals surface area contributed by atoms with Crippen molar-refractivity contribution >= 4 is 146 Å². The zero-order chi connectivity index (χ0) is 106. The Hall–Kier alpha value is -13.9. The number of nitrogens with one attached hydrogen (secondary N) is 20. The number of nitrogens with two attached hydrogens (primary N) is 4. The van der Waals surface area contributed by atoms with Gasteiger partial charge in [0.05, 0.1) is 58.6 Å². The number of aliphatic hydroxyl groups is 3. The topological polar surface area (TPSA) is 841 Å². The molecule has 1 aromatic heterocycles. The molecule has 2 saturated heterocycles. The van der Waals surface area contributed by atoms with Crippen LogP contribution >= 0.6 is 21.6 Å². The molecule has 55 heteroatoms. The number of imidazole rings is 1. The number of amides is 18. The predicted molar refractivity (Wildman–Crippen MR) is 515 cm³/mol. The molecule has 0 radical (unpaired) electrons. The average Bonchev–Trinajstić information content (AvgIpc) is 1.70. The Morgan fingerprint density at radius 3 is 1.76 bits per heavy atom. The van der Waals surface area contributed by atoms with Crippen molar-refractivity contribution in [2.24, 2.45) is 34.8 Å². The number of benzene rings is 2. The highest BCUT2D eigenvalue weighted by Crippen LogP contribution is 2.26. The third-order valence-electron chi connectivity index (χ3n) is 21.7. The van der Waals surface area contributed by atoms with Crippen molar-refractivity contribution in [2.75, 3.05) is 90.5 Å². The Balaban J connectivity index is 1.69. The predicted octanol–water partition coefficient (Wildman–Crippen LogP) is -9.51. The number of carbonyl (C=O) groups excluding carboxylic acids is 18. The summed E-state index contributed by atoms with van der Waals surface area (Å²) in [5.41, 5.74) is 22.9. The van der Waals surface area contributed by atoms with Crippen molar-refractivity contribution in [1.82, 2.24) is 105 Å². The van der Waals surface area contributed by atoms with E-state index in [1.807, 2.05) is 0 Å². The fraction of sp³-hybridized carbons (Fsp3) is 0.568. The van der Waals surface area contributed by atoms with Gasteiger partial charge in [-0.05, 0) is 106 Å². The zero-order valence-electron chi connectivity index (χ0n) is 80.1. The number of carboxylic acids is 1. The average molecular weight is 2050 g/mol. The first-order valence-electron chi connectivity index (χ1n) is 45.9. The van der Waals surface area contributed by atoms with E-state index in [1.54, 1.807) is 44.2 Å². The molecule has 33 N–H and O–H groups in total. The highest BCUT2D eigenvalue weighted by atomic mass is 33.1. The Labute approximate surface area is 831 Å². The number of carbonyl (C=O) groups is 19. The highest BCUT2D eigenvalue weighted by Gasteiger charge is 2.43. The number of guanidine groups is 2. The van der Waals surface area contributed by atoms with E-state index in [1.165, 1.54) is 57.6 Å². The van der Waals surface area contributed by atoms with Crippen molar-refractivity contribution in [3.63, 3.8) is 0 Å². The van der Waals surface area contributed by atoms with Crippen LogP contribution in [-0.4, -0.2) is 352 Å². The summed E-state index contributed by atoms with van der Waals surface area (Å²) in [7, 11) is 1.40. The number of aliphatic hydroxyl groups excluding tert-OH is 3. The number of ether oxygens (including phenoxy) is 3. The van der Waals surface area contributed by atoms with E-state index >= 15 is 24.0 Å². The number of phenolic OH excluding ortho intramolecular Hbond substituents is 1. The number of carboxylic acid groups (broad SMARTS) is 1. The number of nitrogens with zero attached hydrogens (tertiary/aromatic N) is 2. The van der Waals surface area contributed by atoms with E-state index in [9.17, 15) is 87.5 Å². The maximum absolute atomic E-state index is 15.5. The number of hydrogen-bond acceptors (Lipinski definition) is 31. The summed E-state index contributed by atoms with van der Waals surface area (Å²) in [6, 6.07) is -12.8. The zero-order valence-corrected chi connectivity index (χ0v) is 81.7. The molecule has 0 aliphatic carbocycles. The van der Waals surface area contributed by atoms with Crippen LogP contribution in [0.15, 0.2) is 79.3 Å². The summed E-state index contributed by atoms with van der Waals surface area (Å²) in [6.45, 7) is 7.64. The van der Waals surface area contributed by atoms with Crippen molar-refractivity contribution in [2.45, 2.75) is 215 Å². The molecule has 0 saturated carbocycles. The van der Waals surface area contributed by atoms with Crippen molar-refractivity contribution in [3.05, 3.63) is 96.1 Å². The lowest BCUT2D eigenvalue weighted by Gasteiger charge is -2.31. The molecule has 5 rings (SSSR count).